The van der Waals surface area contributed by atoms with Crippen molar-refractivity contribution in [1.82, 2.24) is 25.0 Å². The smallest absolute Gasteiger partial charge is 0.253 e. The van der Waals surface area contributed by atoms with Gasteiger partial charge >= 0.3 is 0 Å². The lowest BCUT2D eigenvalue weighted by molar-refractivity contribution is 0.0706. The maximum atomic E-state index is 12.8. The first-order valence-electron chi connectivity index (χ1n) is 8.65. The first kappa shape index (κ1) is 16.4. The quantitative estimate of drug-likeness (QED) is 0.723. The molecule has 0 unspecified atom stereocenters. The summed E-state index contributed by atoms with van der Waals surface area (Å²) in [6.45, 7) is 3.25. The fourth-order valence-corrected chi connectivity index (χ4v) is 3.41. The van der Waals surface area contributed by atoms with Crippen molar-refractivity contribution >= 4 is 5.91 Å². The molecule has 1 aliphatic rings. The standard InChI is InChI=1S/C19H19N5O2/c1-13-9-17(26-23-13)16-10-21-12-22-18(16)15-3-2-8-24(11-15)19(25)14-4-6-20-7-5-14/h4-7,9-10,12,15H,2-3,8,11H2,1H3/t15-/m0/s1. The minimum absolute atomic E-state index is 0.0308. The summed E-state index contributed by atoms with van der Waals surface area (Å²) in [6, 6.07) is 5.38. The van der Waals surface area contributed by atoms with Gasteiger partial charge in [0, 0.05) is 49.2 Å². The summed E-state index contributed by atoms with van der Waals surface area (Å²) in [4.78, 5) is 27.3. The van der Waals surface area contributed by atoms with Gasteiger partial charge in [-0.25, -0.2) is 9.97 Å². The van der Waals surface area contributed by atoms with E-state index in [4.69, 9.17) is 4.52 Å². The molecule has 4 heterocycles. The van der Waals surface area contributed by atoms with Gasteiger partial charge in [0.25, 0.3) is 5.91 Å². The molecule has 3 aromatic heterocycles. The van der Waals surface area contributed by atoms with Gasteiger partial charge in [-0.05, 0) is 31.9 Å². The monoisotopic (exact) mass is 349 g/mol. The molecule has 132 valence electrons. The molecule has 26 heavy (non-hydrogen) atoms. The summed E-state index contributed by atoms with van der Waals surface area (Å²) < 4.78 is 5.41. The van der Waals surface area contributed by atoms with Gasteiger partial charge in [0.1, 0.15) is 6.33 Å². The van der Waals surface area contributed by atoms with Gasteiger partial charge in [-0.1, -0.05) is 5.16 Å². The second kappa shape index (κ2) is 7.03. The Kier molecular flexibility index (Phi) is 4.43. The van der Waals surface area contributed by atoms with Crippen LogP contribution in [0.2, 0.25) is 0 Å². The van der Waals surface area contributed by atoms with E-state index in [1.165, 1.54) is 0 Å². The minimum atomic E-state index is 0.0308. The van der Waals surface area contributed by atoms with Crippen LogP contribution >= 0.6 is 0 Å². The number of amides is 1. The Bertz CT molecular complexity index is 909. The molecule has 0 radical (unpaired) electrons. The SMILES string of the molecule is Cc1cc(-c2cncnc2[C@H]2CCCN(C(=O)c3ccncc3)C2)on1. The fraction of sp³-hybridized carbons (Fsp3) is 0.316. The van der Waals surface area contributed by atoms with E-state index >= 15 is 0 Å². The van der Waals surface area contributed by atoms with E-state index in [0.29, 0.717) is 17.9 Å². The summed E-state index contributed by atoms with van der Waals surface area (Å²) >= 11 is 0. The van der Waals surface area contributed by atoms with E-state index in [1.54, 1.807) is 37.1 Å². The van der Waals surface area contributed by atoms with Crippen LogP contribution in [0, 0.1) is 6.92 Å². The van der Waals surface area contributed by atoms with Crippen molar-refractivity contribution < 1.29 is 9.32 Å². The number of carbonyl (C=O) groups is 1. The third kappa shape index (κ3) is 3.20. The highest BCUT2D eigenvalue weighted by Gasteiger charge is 2.28. The van der Waals surface area contributed by atoms with Crippen LogP contribution in [0.1, 0.15) is 40.5 Å². The Morgan fingerprint density at radius 1 is 1.27 bits per heavy atom. The van der Waals surface area contributed by atoms with E-state index in [2.05, 4.69) is 20.1 Å². The number of rotatable bonds is 3. The lowest BCUT2D eigenvalue weighted by Crippen LogP contribution is -2.39. The van der Waals surface area contributed by atoms with Crippen molar-refractivity contribution in [3.63, 3.8) is 0 Å². The Morgan fingerprint density at radius 2 is 2.12 bits per heavy atom. The molecule has 1 atom stereocenters. The third-order valence-electron chi connectivity index (χ3n) is 4.66. The van der Waals surface area contributed by atoms with E-state index in [1.807, 2.05) is 17.9 Å². The van der Waals surface area contributed by atoms with Gasteiger partial charge in [0.05, 0.1) is 17.0 Å². The highest BCUT2D eigenvalue weighted by atomic mass is 16.5. The molecule has 0 spiro atoms. The van der Waals surface area contributed by atoms with Crippen LogP contribution in [0.25, 0.3) is 11.3 Å². The zero-order valence-electron chi connectivity index (χ0n) is 14.5. The topological polar surface area (TPSA) is 85.0 Å². The molecule has 4 rings (SSSR count). The summed E-state index contributed by atoms with van der Waals surface area (Å²) in [5.74, 6) is 0.830. The molecule has 0 aromatic carbocycles. The van der Waals surface area contributed by atoms with Crippen molar-refractivity contribution in [3.8, 4) is 11.3 Å². The third-order valence-corrected chi connectivity index (χ3v) is 4.66. The highest BCUT2D eigenvalue weighted by molar-refractivity contribution is 5.94. The van der Waals surface area contributed by atoms with Crippen molar-refractivity contribution in [3.05, 3.63) is 60.1 Å². The first-order chi connectivity index (χ1) is 12.7. The van der Waals surface area contributed by atoms with Crippen LogP contribution in [0.15, 0.2) is 47.6 Å². The number of pyridine rings is 1. The highest BCUT2D eigenvalue weighted by Crippen LogP contribution is 2.33. The number of likely N-dealkylation sites (tertiary alicyclic amines) is 1. The maximum absolute atomic E-state index is 12.8. The van der Waals surface area contributed by atoms with Crippen LogP contribution in [0.5, 0.6) is 0 Å². The van der Waals surface area contributed by atoms with Crippen LogP contribution in [0.3, 0.4) is 0 Å². The van der Waals surface area contributed by atoms with Gasteiger partial charge in [0.15, 0.2) is 5.76 Å². The van der Waals surface area contributed by atoms with Crippen LogP contribution in [-0.4, -0.2) is 44.0 Å². The van der Waals surface area contributed by atoms with E-state index in [9.17, 15) is 4.79 Å². The molecule has 0 saturated carbocycles. The van der Waals surface area contributed by atoms with E-state index in [-0.39, 0.29) is 11.8 Å². The van der Waals surface area contributed by atoms with E-state index in [0.717, 1.165) is 36.3 Å². The minimum Gasteiger partial charge on any atom is -0.356 e. The Labute approximate surface area is 151 Å². The molecular weight excluding hydrogens is 330 g/mol. The predicted molar refractivity (Wildman–Crippen MR) is 94.4 cm³/mol. The predicted octanol–water partition coefficient (Wildman–Crippen LogP) is 2.85. The van der Waals surface area contributed by atoms with Crippen molar-refractivity contribution in [2.45, 2.75) is 25.7 Å². The fourth-order valence-electron chi connectivity index (χ4n) is 3.41. The lowest BCUT2D eigenvalue weighted by atomic mass is 9.91. The van der Waals surface area contributed by atoms with E-state index < -0.39 is 0 Å². The normalized spacial score (nSPS) is 17.3. The second-order valence-corrected chi connectivity index (χ2v) is 6.48. The van der Waals surface area contributed by atoms with Crippen molar-refractivity contribution in [2.24, 2.45) is 0 Å². The molecule has 1 saturated heterocycles. The summed E-state index contributed by atoms with van der Waals surface area (Å²) in [6.07, 6.45) is 8.49. The maximum Gasteiger partial charge on any atom is 0.253 e. The zero-order chi connectivity index (χ0) is 17.9. The number of nitrogens with zero attached hydrogens (tertiary/aromatic N) is 5. The van der Waals surface area contributed by atoms with Gasteiger partial charge < -0.3 is 9.42 Å². The molecule has 0 N–H and O–H groups in total. The Morgan fingerprint density at radius 3 is 2.88 bits per heavy atom. The molecule has 1 aliphatic heterocycles. The van der Waals surface area contributed by atoms with Gasteiger partial charge in [-0.3, -0.25) is 9.78 Å². The molecule has 7 heteroatoms. The summed E-state index contributed by atoms with van der Waals surface area (Å²) in [5.41, 5.74) is 3.22. The molecule has 0 aliphatic carbocycles. The first-order valence-corrected chi connectivity index (χ1v) is 8.65. The number of hydrogen-bond donors (Lipinski definition) is 0. The second-order valence-electron chi connectivity index (χ2n) is 6.48. The van der Waals surface area contributed by atoms with Crippen molar-refractivity contribution in [2.75, 3.05) is 13.1 Å². The van der Waals surface area contributed by atoms with Crippen molar-refractivity contribution in [1.29, 1.82) is 0 Å². The largest absolute Gasteiger partial charge is 0.356 e. The lowest BCUT2D eigenvalue weighted by Gasteiger charge is -2.33. The van der Waals surface area contributed by atoms with Gasteiger partial charge in [-0.2, -0.15) is 0 Å². The molecule has 1 fully saturated rings. The number of carbonyl (C=O) groups excluding carboxylic acids is 1. The average Bonchev–Trinajstić information content (AvgIpc) is 3.14. The molecular formula is C19H19N5O2. The number of piperidine rings is 1. The number of hydrogen-bond acceptors (Lipinski definition) is 6. The Balaban J connectivity index is 1.60. The Hall–Kier alpha value is -3.09. The number of aryl methyl sites for hydroxylation is 1. The molecule has 0 bridgehead atoms. The van der Waals surface area contributed by atoms with Crippen LogP contribution in [-0.2, 0) is 0 Å². The summed E-state index contributed by atoms with van der Waals surface area (Å²) in [5, 5.41) is 3.96. The number of aromatic nitrogens is 4. The zero-order valence-corrected chi connectivity index (χ0v) is 14.5. The van der Waals surface area contributed by atoms with Crippen LogP contribution < -0.4 is 0 Å². The average molecular weight is 349 g/mol. The van der Waals surface area contributed by atoms with Gasteiger partial charge in [0.2, 0.25) is 0 Å². The summed E-state index contributed by atoms with van der Waals surface area (Å²) in [7, 11) is 0. The van der Waals surface area contributed by atoms with Crippen LogP contribution in [0.4, 0.5) is 0 Å². The molecule has 7 nitrogen and oxygen atoms in total. The molecule has 1 amide bonds. The molecule has 3 aromatic rings. The van der Waals surface area contributed by atoms with Gasteiger partial charge in [-0.15, -0.1) is 0 Å².